The Balaban J connectivity index is 2.14. The summed E-state index contributed by atoms with van der Waals surface area (Å²) in [6.07, 6.45) is 1.76. The van der Waals surface area contributed by atoms with Crippen molar-refractivity contribution in [1.29, 1.82) is 0 Å². The fourth-order valence-electron chi connectivity index (χ4n) is 1.56. The van der Waals surface area contributed by atoms with Crippen molar-refractivity contribution in [1.82, 2.24) is 9.97 Å². The van der Waals surface area contributed by atoms with Gasteiger partial charge in [0, 0.05) is 15.3 Å². The molecule has 0 atom stereocenters. The third-order valence-electron chi connectivity index (χ3n) is 2.38. The zero-order valence-corrected chi connectivity index (χ0v) is 11.7. The summed E-state index contributed by atoms with van der Waals surface area (Å²) >= 11 is 3.96. The predicted molar refractivity (Wildman–Crippen MR) is 80.0 cm³/mol. The molecule has 2 aromatic heterocycles. The topological polar surface area (TPSA) is 51.8 Å². The van der Waals surface area contributed by atoms with Crippen LogP contribution in [0.4, 0.5) is 5.82 Å². The van der Waals surface area contributed by atoms with E-state index in [1.54, 1.807) is 23.6 Å². The van der Waals surface area contributed by atoms with Crippen molar-refractivity contribution in [3.63, 3.8) is 0 Å². The van der Waals surface area contributed by atoms with Gasteiger partial charge >= 0.3 is 0 Å². The van der Waals surface area contributed by atoms with Crippen LogP contribution in [0.25, 0.3) is 20.8 Å². The lowest BCUT2D eigenvalue weighted by Gasteiger charge is -1.95. The Kier molecular flexibility index (Phi) is 2.71. The SMILES string of the molecule is Nc1ccc(-c2nc3cc([123I])ccc3s2)cn1. The van der Waals surface area contributed by atoms with E-state index in [0.29, 0.717) is 5.82 Å². The van der Waals surface area contributed by atoms with Gasteiger partial charge in [-0.15, -0.1) is 11.3 Å². The van der Waals surface area contributed by atoms with Gasteiger partial charge in [-0.05, 0) is 52.9 Å². The lowest BCUT2D eigenvalue weighted by Crippen LogP contribution is -1.88. The van der Waals surface area contributed by atoms with Crippen molar-refractivity contribution < 1.29 is 0 Å². The van der Waals surface area contributed by atoms with E-state index in [-0.39, 0.29) is 0 Å². The summed E-state index contributed by atoms with van der Waals surface area (Å²) in [5.41, 5.74) is 7.62. The van der Waals surface area contributed by atoms with E-state index in [0.717, 1.165) is 16.1 Å². The molecule has 0 fully saturated rings. The summed E-state index contributed by atoms with van der Waals surface area (Å²) in [4.78, 5) is 8.69. The van der Waals surface area contributed by atoms with E-state index in [1.165, 1.54) is 8.27 Å². The summed E-state index contributed by atoms with van der Waals surface area (Å²) in [7, 11) is 0. The Bertz CT molecular complexity index is 676. The number of nitrogens with zero attached hydrogens (tertiary/aromatic N) is 2. The van der Waals surface area contributed by atoms with Crippen molar-refractivity contribution >= 4 is 50.0 Å². The second-order valence-corrected chi connectivity index (χ2v) is 5.88. The van der Waals surface area contributed by atoms with E-state index in [1.807, 2.05) is 6.07 Å². The molecule has 1 aromatic carbocycles. The first kappa shape index (κ1) is 10.9. The Morgan fingerprint density at radius 3 is 2.82 bits per heavy atom. The molecule has 5 heteroatoms. The highest BCUT2D eigenvalue weighted by atomic mass is 123. The molecule has 2 N–H and O–H groups in total. The Morgan fingerprint density at radius 2 is 2.06 bits per heavy atom. The van der Waals surface area contributed by atoms with Gasteiger partial charge in [-0.3, -0.25) is 0 Å². The van der Waals surface area contributed by atoms with Gasteiger partial charge in [-0.1, -0.05) is 0 Å². The Labute approximate surface area is 116 Å². The molecule has 2 heterocycles. The molecule has 3 rings (SSSR count). The number of halogens is 1. The van der Waals surface area contributed by atoms with Gasteiger partial charge in [0.15, 0.2) is 0 Å². The predicted octanol–water partition coefficient (Wildman–Crippen LogP) is 3.55. The molecule has 0 aliphatic rings. The molecule has 0 radical (unpaired) electrons. The van der Waals surface area contributed by atoms with Gasteiger partial charge in [0.05, 0.1) is 10.2 Å². The van der Waals surface area contributed by atoms with Crippen molar-refractivity contribution in [2.45, 2.75) is 0 Å². The molecular formula is C12H8IN3S. The normalized spacial score (nSPS) is 10.9. The average Bonchev–Trinajstić information content (AvgIpc) is 2.72. The van der Waals surface area contributed by atoms with E-state index in [4.69, 9.17) is 5.73 Å². The quantitative estimate of drug-likeness (QED) is 0.684. The molecule has 0 aliphatic heterocycles. The summed E-state index contributed by atoms with van der Waals surface area (Å²) < 4.78 is 2.39. The number of rotatable bonds is 1. The second-order valence-electron chi connectivity index (χ2n) is 3.60. The van der Waals surface area contributed by atoms with Gasteiger partial charge in [-0.2, -0.15) is 0 Å². The van der Waals surface area contributed by atoms with Crippen LogP contribution in [0.5, 0.6) is 0 Å². The molecule has 0 saturated heterocycles. The summed E-state index contributed by atoms with van der Waals surface area (Å²) in [5, 5.41) is 0.981. The number of aromatic nitrogens is 2. The van der Waals surface area contributed by atoms with E-state index < -0.39 is 0 Å². The maximum Gasteiger partial charge on any atom is 0.126 e. The molecule has 0 bridgehead atoms. The second kappa shape index (κ2) is 4.23. The molecular weight excluding hydrogens is 341 g/mol. The number of fused-ring (bicyclic) bond motifs is 1. The minimum absolute atomic E-state index is 0.532. The van der Waals surface area contributed by atoms with Gasteiger partial charge in [-0.25, -0.2) is 9.97 Å². The Morgan fingerprint density at radius 1 is 1.18 bits per heavy atom. The van der Waals surface area contributed by atoms with Crippen LogP contribution >= 0.6 is 33.9 Å². The van der Waals surface area contributed by atoms with Crippen LogP contribution in [-0.4, -0.2) is 9.97 Å². The standard InChI is InChI=1S/C12H8IN3S/c13-8-2-3-10-9(5-8)16-12(17-10)7-1-4-11(14)15-6-7/h1-6H,(H2,14,15)/i13-4. The van der Waals surface area contributed by atoms with Gasteiger partial charge < -0.3 is 5.73 Å². The zero-order valence-electron chi connectivity index (χ0n) is 8.72. The summed E-state index contributed by atoms with van der Waals surface area (Å²) in [6, 6.07) is 10.0. The fourth-order valence-corrected chi connectivity index (χ4v) is 2.97. The molecule has 3 aromatic rings. The number of nitrogens with two attached hydrogens (primary N) is 1. The number of nitrogen functional groups attached to an aromatic ring is 1. The van der Waals surface area contributed by atoms with Crippen LogP contribution in [-0.2, 0) is 0 Å². The average molecular weight is 349 g/mol. The minimum atomic E-state index is 0.532. The third-order valence-corrected chi connectivity index (χ3v) is 4.14. The van der Waals surface area contributed by atoms with Gasteiger partial charge in [0.2, 0.25) is 0 Å². The number of benzene rings is 1. The van der Waals surface area contributed by atoms with Crippen LogP contribution < -0.4 is 5.73 Å². The highest BCUT2D eigenvalue weighted by molar-refractivity contribution is 14.1. The number of thiazole rings is 1. The monoisotopic (exact) mass is 349 g/mol. The van der Waals surface area contributed by atoms with E-state index >= 15 is 0 Å². The van der Waals surface area contributed by atoms with Crippen molar-refractivity contribution in [3.8, 4) is 10.6 Å². The molecule has 3 nitrogen and oxygen atoms in total. The minimum Gasteiger partial charge on any atom is -0.384 e. The maximum absolute atomic E-state index is 5.57. The lowest BCUT2D eigenvalue weighted by atomic mass is 10.3. The van der Waals surface area contributed by atoms with Crippen molar-refractivity contribution in [2.24, 2.45) is 0 Å². The van der Waals surface area contributed by atoms with Gasteiger partial charge in [0.25, 0.3) is 0 Å². The molecule has 0 saturated carbocycles. The summed E-state index contributed by atoms with van der Waals surface area (Å²) in [5.74, 6) is 0.532. The summed E-state index contributed by atoms with van der Waals surface area (Å²) in [6.45, 7) is 0. The highest BCUT2D eigenvalue weighted by Crippen LogP contribution is 2.30. The highest BCUT2D eigenvalue weighted by Gasteiger charge is 2.06. The van der Waals surface area contributed by atoms with Crippen molar-refractivity contribution in [2.75, 3.05) is 5.73 Å². The van der Waals surface area contributed by atoms with Crippen molar-refractivity contribution in [3.05, 3.63) is 40.1 Å². The van der Waals surface area contributed by atoms with Crippen LogP contribution in [0, 0.1) is 3.57 Å². The molecule has 84 valence electrons. The first-order valence-corrected chi connectivity index (χ1v) is 6.90. The third kappa shape index (κ3) is 2.12. The zero-order chi connectivity index (χ0) is 11.8. The van der Waals surface area contributed by atoms with Crippen LogP contribution in [0.2, 0.25) is 0 Å². The first-order valence-electron chi connectivity index (χ1n) is 5.00. The molecule has 0 unspecified atom stereocenters. The van der Waals surface area contributed by atoms with Crippen LogP contribution in [0.1, 0.15) is 0 Å². The molecule has 0 aliphatic carbocycles. The largest absolute Gasteiger partial charge is 0.384 e. The lowest BCUT2D eigenvalue weighted by molar-refractivity contribution is 1.33. The first-order chi connectivity index (χ1) is 8.22. The molecule has 0 spiro atoms. The molecule has 0 amide bonds. The smallest absolute Gasteiger partial charge is 0.126 e. The van der Waals surface area contributed by atoms with Crippen LogP contribution in [0.3, 0.4) is 0 Å². The van der Waals surface area contributed by atoms with E-state index in [2.05, 4.69) is 50.8 Å². The Hall–Kier alpha value is -1.21. The number of pyridine rings is 1. The maximum atomic E-state index is 5.57. The number of hydrogen-bond acceptors (Lipinski definition) is 4. The number of anilines is 1. The van der Waals surface area contributed by atoms with Crippen LogP contribution in [0.15, 0.2) is 36.5 Å². The molecule has 17 heavy (non-hydrogen) atoms. The van der Waals surface area contributed by atoms with Gasteiger partial charge in [0.1, 0.15) is 10.8 Å². The van der Waals surface area contributed by atoms with E-state index in [9.17, 15) is 0 Å². The fraction of sp³-hybridized carbons (Fsp3) is 0. The number of hydrogen-bond donors (Lipinski definition) is 1.